The summed E-state index contributed by atoms with van der Waals surface area (Å²) in [6.45, 7) is 4.25. The molecule has 0 saturated carbocycles. The lowest BCUT2D eigenvalue weighted by atomic mass is 10.0. The van der Waals surface area contributed by atoms with E-state index in [1.54, 1.807) is 0 Å². The molecule has 2 aromatic rings. The Hall–Kier alpha value is -0.730. The lowest BCUT2D eigenvalue weighted by Crippen LogP contribution is -2.24. The number of nitrogens with one attached hydrogen (secondary N) is 1. The molecule has 0 aliphatic heterocycles. The second kappa shape index (κ2) is 7.51. The van der Waals surface area contributed by atoms with Crippen LogP contribution in [0.5, 0.6) is 0 Å². The third-order valence-electron chi connectivity index (χ3n) is 3.58. The summed E-state index contributed by atoms with van der Waals surface area (Å²) in [4.78, 5) is 0. The number of hydrogen-bond acceptors (Lipinski definition) is 1. The Labute approximate surface area is 141 Å². The van der Waals surface area contributed by atoms with Crippen LogP contribution in [0.15, 0.2) is 42.5 Å². The number of rotatable bonds is 5. The van der Waals surface area contributed by atoms with E-state index in [1.807, 2.05) is 42.5 Å². The maximum atomic E-state index is 6.26. The Morgan fingerprint density at radius 1 is 0.952 bits per heavy atom. The summed E-state index contributed by atoms with van der Waals surface area (Å²) in [7, 11) is 0. The second-order valence-corrected chi connectivity index (χ2v) is 6.27. The molecule has 2 atom stereocenters. The van der Waals surface area contributed by atoms with Gasteiger partial charge in [-0.05, 0) is 42.7 Å². The molecule has 2 aromatic carbocycles. The van der Waals surface area contributed by atoms with Crippen molar-refractivity contribution in [1.29, 1.82) is 0 Å². The van der Waals surface area contributed by atoms with Crippen molar-refractivity contribution < 1.29 is 0 Å². The molecular weight excluding hydrogens is 325 g/mol. The van der Waals surface area contributed by atoms with Crippen molar-refractivity contribution in [3.8, 4) is 0 Å². The van der Waals surface area contributed by atoms with Crippen LogP contribution in [0, 0.1) is 0 Å². The first-order valence-electron chi connectivity index (χ1n) is 6.98. The Kier molecular flexibility index (Phi) is 5.95. The van der Waals surface area contributed by atoms with Gasteiger partial charge in [-0.1, -0.05) is 66.0 Å². The Morgan fingerprint density at radius 3 is 2.29 bits per heavy atom. The van der Waals surface area contributed by atoms with Gasteiger partial charge in [0, 0.05) is 17.1 Å². The van der Waals surface area contributed by atoms with E-state index in [1.165, 1.54) is 0 Å². The van der Waals surface area contributed by atoms with Gasteiger partial charge >= 0.3 is 0 Å². The third kappa shape index (κ3) is 4.14. The van der Waals surface area contributed by atoms with Crippen molar-refractivity contribution in [2.75, 3.05) is 0 Å². The maximum Gasteiger partial charge on any atom is 0.0595 e. The summed E-state index contributed by atoms with van der Waals surface area (Å²) in [6, 6.07) is 14.0. The van der Waals surface area contributed by atoms with Crippen molar-refractivity contribution in [3.63, 3.8) is 0 Å². The van der Waals surface area contributed by atoms with E-state index in [-0.39, 0.29) is 12.1 Å². The molecule has 0 amide bonds. The topological polar surface area (TPSA) is 12.0 Å². The molecule has 4 heteroatoms. The molecule has 0 heterocycles. The number of halogens is 3. The highest BCUT2D eigenvalue weighted by molar-refractivity contribution is 6.42. The summed E-state index contributed by atoms with van der Waals surface area (Å²) in [6.07, 6.45) is 0.951. The Bertz CT molecular complexity index is 613. The number of hydrogen-bond donors (Lipinski definition) is 1. The molecule has 0 aliphatic carbocycles. The lowest BCUT2D eigenvalue weighted by Gasteiger charge is -2.24. The highest BCUT2D eigenvalue weighted by Gasteiger charge is 2.16. The summed E-state index contributed by atoms with van der Waals surface area (Å²) >= 11 is 18.4. The molecule has 0 spiro atoms. The Balaban J connectivity index is 2.19. The van der Waals surface area contributed by atoms with Crippen molar-refractivity contribution >= 4 is 34.8 Å². The summed E-state index contributed by atoms with van der Waals surface area (Å²) < 4.78 is 0. The van der Waals surface area contributed by atoms with Crippen molar-refractivity contribution in [2.24, 2.45) is 0 Å². The molecule has 0 saturated heterocycles. The fraction of sp³-hybridized carbons (Fsp3) is 0.294. The average Bonchev–Trinajstić information content (AvgIpc) is 2.48. The van der Waals surface area contributed by atoms with Crippen LogP contribution in [0.2, 0.25) is 15.1 Å². The second-order valence-electron chi connectivity index (χ2n) is 5.04. The standard InChI is InChI=1S/C17H18Cl3N/c1-3-17(12-8-9-15(19)16(20)10-12)21-11(2)13-6-4-5-7-14(13)18/h4-11,17,21H,3H2,1-2H3/t11-,17?/m1/s1. The normalized spacial score (nSPS) is 14.0. The van der Waals surface area contributed by atoms with Crippen LogP contribution < -0.4 is 5.32 Å². The van der Waals surface area contributed by atoms with Crippen LogP contribution >= 0.6 is 34.8 Å². The zero-order valence-corrected chi connectivity index (χ0v) is 14.3. The molecule has 1 nitrogen and oxygen atoms in total. The van der Waals surface area contributed by atoms with Gasteiger partial charge in [0.25, 0.3) is 0 Å². The lowest BCUT2D eigenvalue weighted by molar-refractivity contribution is 0.456. The van der Waals surface area contributed by atoms with E-state index in [4.69, 9.17) is 34.8 Å². The summed E-state index contributed by atoms with van der Waals surface area (Å²) in [5.41, 5.74) is 2.23. The monoisotopic (exact) mass is 341 g/mol. The molecule has 0 fully saturated rings. The van der Waals surface area contributed by atoms with Gasteiger partial charge in [0.05, 0.1) is 10.0 Å². The minimum Gasteiger partial charge on any atom is -0.303 e. The molecular formula is C17H18Cl3N. The molecule has 0 radical (unpaired) electrons. The predicted octanol–water partition coefficient (Wildman–Crippen LogP) is 6.45. The molecule has 21 heavy (non-hydrogen) atoms. The van der Waals surface area contributed by atoms with Crippen LogP contribution in [0.25, 0.3) is 0 Å². The first-order valence-corrected chi connectivity index (χ1v) is 8.11. The summed E-state index contributed by atoms with van der Waals surface area (Å²) in [5, 5.41) is 5.54. The van der Waals surface area contributed by atoms with E-state index in [2.05, 4.69) is 19.2 Å². The smallest absolute Gasteiger partial charge is 0.0595 e. The van der Waals surface area contributed by atoms with Crippen LogP contribution in [0.1, 0.15) is 43.5 Å². The SMILES string of the molecule is CCC(N[C@H](C)c1ccccc1Cl)c1ccc(Cl)c(Cl)c1. The van der Waals surface area contributed by atoms with E-state index in [0.717, 1.165) is 22.6 Å². The zero-order chi connectivity index (χ0) is 15.4. The first-order chi connectivity index (χ1) is 10.0. The predicted molar refractivity (Wildman–Crippen MR) is 92.5 cm³/mol. The van der Waals surface area contributed by atoms with Crippen molar-refractivity contribution in [2.45, 2.75) is 32.4 Å². The average molecular weight is 343 g/mol. The first kappa shape index (κ1) is 16.6. The molecule has 1 N–H and O–H groups in total. The van der Waals surface area contributed by atoms with Gasteiger partial charge in [0.2, 0.25) is 0 Å². The van der Waals surface area contributed by atoms with Crippen LogP contribution in [-0.4, -0.2) is 0 Å². The molecule has 0 aromatic heterocycles. The Morgan fingerprint density at radius 2 is 1.67 bits per heavy atom. The molecule has 0 aliphatic rings. The number of benzene rings is 2. The molecule has 2 rings (SSSR count). The third-order valence-corrected chi connectivity index (χ3v) is 4.66. The van der Waals surface area contributed by atoms with Crippen LogP contribution in [0.4, 0.5) is 0 Å². The van der Waals surface area contributed by atoms with Gasteiger partial charge in [0.15, 0.2) is 0 Å². The fourth-order valence-corrected chi connectivity index (χ4v) is 3.00. The van der Waals surface area contributed by atoms with E-state index in [9.17, 15) is 0 Å². The van der Waals surface area contributed by atoms with Crippen molar-refractivity contribution in [3.05, 3.63) is 68.7 Å². The maximum absolute atomic E-state index is 6.26. The van der Waals surface area contributed by atoms with E-state index >= 15 is 0 Å². The molecule has 0 bridgehead atoms. The van der Waals surface area contributed by atoms with Gasteiger partial charge in [0.1, 0.15) is 0 Å². The van der Waals surface area contributed by atoms with Crippen molar-refractivity contribution in [1.82, 2.24) is 5.32 Å². The van der Waals surface area contributed by atoms with Gasteiger partial charge < -0.3 is 5.32 Å². The van der Waals surface area contributed by atoms with Crippen LogP contribution in [0.3, 0.4) is 0 Å². The summed E-state index contributed by atoms with van der Waals surface area (Å²) in [5.74, 6) is 0. The van der Waals surface area contributed by atoms with Gasteiger partial charge in [-0.3, -0.25) is 0 Å². The zero-order valence-electron chi connectivity index (χ0n) is 12.0. The minimum atomic E-state index is 0.151. The molecule has 1 unspecified atom stereocenters. The molecule has 112 valence electrons. The highest BCUT2D eigenvalue weighted by atomic mass is 35.5. The quantitative estimate of drug-likeness (QED) is 0.658. The largest absolute Gasteiger partial charge is 0.303 e. The fourth-order valence-electron chi connectivity index (χ4n) is 2.40. The van der Waals surface area contributed by atoms with Gasteiger partial charge in [-0.25, -0.2) is 0 Å². The van der Waals surface area contributed by atoms with Gasteiger partial charge in [-0.2, -0.15) is 0 Å². The minimum absolute atomic E-state index is 0.151. The highest BCUT2D eigenvalue weighted by Crippen LogP contribution is 2.30. The van der Waals surface area contributed by atoms with Crippen LogP contribution in [-0.2, 0) is 0 Å². The van der Waals surface area contributed by atoms with E-state index < -0.39 is 0 Å². The van der Waals surface area contributed by atoms with E-state index in [0.29, 0.717) is 10.0 Å². The van der Waals surface area contributed by atoms with Gasteiger partial charge in [-0.15, -0.1) is 0 Å².